The molecule has 0 aliphatic carbocycles. The summed E-state index contributed by atoms with van der Waals surface area (Å²) in [6, 6.07) is 2.65. The third-order valence-corrected chi connectivity index (χ3v) is 22.2. The summed E-state index contributed by atoms with van der Waals surface area (Å²) in [4.78, 5) is 23.5. The van der Waals surface area contributed by atoms with E-state index < -0.39 is 49.7 Å². The smallest absolute Gasteiger partial charge is 0.332 e. The van der Waals surface area contributed by atoms with Gasteiger partial charge in [0.1, 0.15) is 0 Å². The summed E-state index contributed by atoms with van der Waals surface area (Å²) in [5.74, 6) is -1.02. The third-order valence-electron chi connectivity index (χ3n) is 6.81. The molecule has 0 radical (unpaired) electrons. The normalized spacial score (nSPS) is 19.3. The summed E-state index contributed by atoms with van der Waals surface area (Å²) in [6.45, 7) is 27.7. The van der Waals surface area contributed by atoms with Crippen molar-refractivity contribution in [2.24, 2.45) is 0 Å². The fourth-order valence-corrected chi connectivity index (χ4v) is 22.7. The molecule has 0 aliphatic heterocycles. The van der Waals surface area contributed by atoms with Crippen LogP contribution in [0.4, 0.5) is 0 Å². The lowest BCUT2D eigenvalue weighted by Crippen LogP contribution is -2.63. The van der Waals surface area contributed by atoms with Crippen LogP contribution in [-0.2, 0) is 36.8 Å². The molecule has 0 aromatic carbocycles. The Hall–Kier alpha value is -1.09. The average molecular weight is 605 g/mol. The predicted octanol–water partition coefficient (Wildman–Crippen LogP) is 7.29. The summed E-state index contributed by atoms with van der Waals surface area (Å²) in [5, 5.41) is 0. The Morgan fingerprint density at radius 3 is 1.26 bits per heavy atom. The van der Waals surface area contributed by atoms with Crippen molar-refractivity contribution in [3.63, 3.8) is 0 Å². The molecule has 0 aliphatic rings. The van der Waals surface area contributed by atoms with E-state index in [1.165, 1.54) is 0 Å². The molecule has 228 valence electrons. The Labute approximate surface area is 241 Å². The molecule has 0 saturated heterocycles. The van der Waals surface area contributed by atoms with Gasteiger partial charge in [-0.15, -0.1) is 0 Å². The van der Waals surface area contributed by atoms with Crippen molar-refractivity contribution >= 4 is 37.1 Å². The fraction of sp³-hybridized carbons (Fsp3) is 0.786. The molecule has 11 heteroatoms. The van der Waals surface area contributed by atoms with E-state index in [1.807, 2.05) is 0 Å². The van der Waals surface area contributed by atoms with Crippen molar-refractivity contribution in [3.05, 3.63) is 25.3 Å². The van der Waals surface area contributed by atoms with Crippen molar-refractivity contribution in [1.29, 1.82) is 0 Å². The minimum Gasteiger partial charge on any atom is -0.434 e. The van der Waals surface area contributed by atoms with Gasteiger partial charge in [0, 0.05) is 12.2 Å². The van der Waals surface area contributed by atoms with E-state index in [0.29, 0.717) is 0 Å². The van der Waals surface area contributed by atoms with Gasteiger partial charge in [0.25, 0.3) is 0 Å². The summed E-state index contributed by atoms with van der Waals surface area (Å²) >= 11 is 0. The van der Waals surface area contributed by atoms with E-state index in [2.05, 4.69) is 67.4 Å². The molecular formula is C28H56O8Si3. The van der Waals surface area contributed by atoms with Gasteiger partial charge in [-0.25, -0.2) is 9.59 Å². The first-order valence-electron chi connectivity index (χ1n) is 14.6. The zero-order chi connectivity index (χ0) is 30.3. The van der Waals surface area contributed by atoms with Gasteiger partial charge in [-0.2, -0.15) is 0 Å². The molecule has 8 nitrogen and oxygen atoms in total. The van der Waals surface area contributed by atoms with Crippen molar-refractivity contribution in [1.82, 2.24) is 0 Å². The maximum absolute atomic E-state index is 11.8. The van der Waals surface area contributed by atoms with Gasteiger partial charge in [-0.3, -0.25) is 0 Å². The Kier molecular flexibility index (Phi) is 17.9. The molecule has 0 fully saturated rings. The van der Waals surface area contributed by atoms with E-state index in [0.717, 1.165) is 62.4 Å². The monoisotopic (exact) mass is 604 g/mol. The highest BCUT2D eigenvalue weighted by Gasteiger charge is 2.51. The summed E-state index contributed by atoms with van der Waals surface area (Å²) in [5.41, 5.74) is -0.346. The summed E-state index contributed by atoms with van der Waals surface area (Å²) < 4.78 is 37.8. The molecule has 0 aromatic heterocycles. The van der Waals surface area contributed by atoms with Gasteiger partial charge < -0.3 is 27.2 Å². The molecule has 6 atom stereocenters. The number of carbonyl (C=O) groups is 2. The van der Waals surface area contributed by atoms with Crippen LogP contribution in [0.5, 0.6) is 0 Å². The van der Waals surface area contributed by atoms with Crippen LogP contribution in [0.2, 0.25) is 37.8 Å². The zero-order valence-corrected chi connectivity index (χ0v) is 29.3. The molecule has 0 bridgehead atoms. The second kappa shape index (κ2) is 18.4. The second-order valence-corrected chi connectivity index (χ2v) is 22.6. The number of rotatable bonds is 22. The molecule has 0 spiro atoms. The van der Waals surface area contributed by atoms with Crippen molar-refractivity contribution in [2.75, 3.05) is 0 Å². The largest absolute Gasteiger partial charge is 0.434 e. The van der Waals surface area contributed by atoms with E-state index in [-0.39, 0.29) is 11.5 Å². The van der Waals surface area contributed by atoms with Gasteiger partial charge >= 0.3 is 20.5 Å². The molecule has 0 heterocycles. The number of carbonyl (C=O) groups excluding carboxylic acids is 2. The lowest BCUT2D eigenvalue weighted by Gasteiger charge is -2.47. The van der Waals surface area contributed by atoms with Gasteiger partial charge in [0.2, 0.25) is 29.2 Å². The molecule has 0 aromatic rings. The lowest BCUT2D eigenvalue weighted by atomic mass is 10.5. The van der Waals surface area contributed by atoms with E-state index >= 15 is 0 Å². The molecule has 6 unspecified atom stereocenters. The lowest BCUT2D eigenvalue weighted by molar-refractivity contribution is -0.174. The van der Waals surface area contributed by atoms with Crippen LogP contribution < -0.4 is 0 Å². The first-order valence-corrected chi connectivity index (χ1v) is 22.5. The van der Waals surface area contributed by atoms with Crippen LogP contribution in [0.25, 0.3) is 0 Å². The quantitative estimate of drug-likeness (QED) is 0.0551. The standard InChI is InChI=1S/C28H56O8Si3/c1-13-20-37(10,27(18-6)33-23(8)31-25(29)16-4)35-39(12,22-15-3)36-38(11,21-14-2)28(19-7)34-24(9)32-26(30)17-5/h16-17,23-24,27-28H,4-5,13-15,18-22H2,1-3,6-12H3. The SMILES string of the molecule is C=CC(=O)OC(C)OC(CC)[Si](C)(CCC)O[Si](C)(CCC)O[Si](C)(CCC)C(CC)OC(C)OC(=O)C=C. The minimum absolute atomic E-state index is 0.173. The molecule has 0 N–H and O–H groups in total. The average Bonchev–Trinajstić information content (AvgIpc) is 2.85. The Morgan fingerprint density at radius 1 is 0.667 bits per heavy atom. The van der Waals surface area contributed by atoms with Crippen LogP contribution in [0.15, 0.2) is 25.3 Å². The summed E-state index contributed by atoms with van der Waals surface area (Å²) in [6.07, 6.45) is 5.21. The van der Waals surface area contributed by atoms with Crippen LogP contribution in [0.1, 0.15) is 80.6 Å². The Morgan fingerprint density at radius 2 is 1.00 bits per heavy atom. The number of ether oxygens (including phenoxy) is 4. The van der Waals surface area contributed by atoms with Crippen LogP contribution >= 0.6 is 0 Å². The van der Waals surface area contributed by atoms with Crippen LogP contribution in [0.3, 0.4) is 0 Å². The molecule has 0 amide bonds. The van der Waals surface area contributed by atoms with E-state index in [4.69, 9.17) is 27.2 Å². The van der Waals surface area contributed by atoms with E-state index in [9.17, 15) is 9.59 Å². The van der Waals surface area contributed by atoms with Crippen molar-refractivity contribution < 1.29 is 36.8 Å². The van der Waals surface area contributed by atoms with Gasteiger partial charge in [-0.1, -0.05) is 67.0 Å². The van der Waals surface area contributed by atoms with Gasteiger partial charge in [-0.05, 0) is 64.5 Å². The van der Waals surface area contributed by atoms with Gasteiger partial charge in [0.15, 0.2) is 0 Å². The van der Waals surface area contributed by atoms with Crippen molar-refractivity contribution in [2.45, 2.75) is 142 Å². The maximum Gasteiger partial charge on any atom is 0.332 e. The highest BCUT2D eigenvalue weighted by atomic mass is 28.5. The van der Waals surface area contributed by atoms with Crippen molar-refractivity contribution in [3.8, 4) is 0 Å². The molecule has 39 heavy (non-hydrogen) atoms. The number of hydrogen-bond donors (Lipinski definition) is 0. The Balaban J connectivity index is 6.21. The molecular weight excluding hydrogens is 549 g/mol. The van der Waals surface area contributed by atoms with Crippen LogP contribution in [0, 0.1) is 0 Å². The highest BCUT2D eigenvalue weighted by molar-refractivity contribution is 6.89. The highest BCUT2D eigenvalue weighted by Crippen LogP contribution is 2.35. The third kappa shape index (κ3) is 13.0. The molecule has 0 rings (SSSR count). The second-order valence-electron chi connectivity index (χ2n) is 10.7. The summed E-state index contributed by atoms with van der Waals surface area (Å²) in [7, 11) is -7.72. The Bertz CT molecular complexity index is 711. The number of esters is 2. The first-order chi connectivity index (χ1) is 18.2. The first kappa shape index (κ1) is 37.9. The molecule has 0 saturated carbocycles. The fourth-order valence-electron chi connectivity index (χ4n) is 5.40. The minimum atomic E-state index is -2.72. The zero-order valence-electron chi connectivity index (χ0n) is 26.3. The van der Waals surface area contributed by atoms with E-state index in [1.54, 1.807) is 13.8 Å². The predicted molar refractivity (Wildman–Crippen MR) is 164 cm³/mol. The topological polar surface area (TPSA) is 89.5 Å². The van der Waals surface area contributed by atoms with Gasteiger partial charge in [0.05, 0.1) is 11.5 Å². The number of hydrogen-bond acceptors (Lipinski definition) is 8. The maximum atomic E-state index is 11.8. The van der Waals surface area contributed by atoms with Crippen LogP contribution in [-0.4, -0.2) is 61.2 Å².